The zero-order valence-electron chi connectivity index (χ0n) is 18.3. The third kappa shape index (κ3) is 3.77. The number of tetrazole rings is 1. The molecule has 1 aliphatic heterocycles. The second-order valence-corrected chi connectivity index (χ2v) is 8.76. The van der Waals surface area contributed by atoms with Gasteiger partial charge in [-0.25, -0.2) is 4.68 Å². The molecule has 2 aromatic carbocycles. The van der Waals surface area contributed by atoms with Crippen LogP contribution >= 0.6 is 0 Å². The van der Waals surface area contributed by atoms with E-state index in [1.165, 1.54) is 16.0 Å². The fraction of sp³-hybridized carbons (Fsp3) is 0.435. The first kappa shape index (κ1) is 20.3. The Bertz CT molecular complexity index is 1020. The summed E-state index contributed by atoms with van der Waals surface area (Å²) < 4.78 is 13.2. The lowest BCUT2D eigenvalue weighted by Gasteiger charge is -2.34. The summed E-state index contributed by atoms with van der Waals surface area (Å²) in [6, 6.07) is 14.5. The van der Waals surface area contributed by atoms with Crippen LogP contribution in [0.4, 0.5) is 0 Å². The molecule has 0 saturated carbocycles. The summed E-state index contributed by atoms with van der Waals surface area (Å²) in [5, 5.41) is 12.9. The summed E-state index contributed by atoms with van der Waals surface area (Å²) in [5.74, 6) is 2.45. The van der Waals surface area contributed by atoms with Crippen molar-refractivity contribution in [1.29, 1.82) is 0 Å². The van der Waals surface area contributed by atoms with Gasteiger partial charge in [0.25, 0.3) is 0 Å². The minimum atomic E-state index is -0.240. The van der Waals surface area contributed by atoms with Gasteiger partial charge < -0.3 is 14.4 Å². The van der Waals surface area contributed by atoms with Gasteiger partial charge in [-0.15, -0.1) is 5.10 Å². The second-order valence-electron chi connectivity index (χ2n) is 8.76. The van der Waals surface area contributed by atoms with Gasteiger partial charge in [0.2, 0.25) is 5.82 Å². The van der Waals surface area contributed by atoms with Crippen molar-refractivity contribution in [2.45, 2.75) is 45.3 Å². The summed E-state index contributed by atoms with van der Waals surface area (Å²) in [7, 11) is 3.39. The molecule has 158 valence electrons. The Hall–Kier alpha value is -2.93. The van der Waals surface area contributed by atoms with E-state index in [-0.39, 0.29) is 11.6 Å². The minimum Gasteiger partial charge on any atom is -0.497 e. The van der Waals surface area contributed by atoms with Crippen molar-refractivity contribution in [1.82, 2.24) is 20.2 Å². The first-order valence-corrected chi connectivity index (χ1v) is 10.3. The topological polar surface area (TPSA) is 66.5 Å². The van der Waals surface area contributed by atoms with Crippen LogP contribution in [-0.2, 0) is 18.5 Å². The van der Waals surface area contributed by atoms with Crippen LogP contribution in [0.2, 0.25) is 0 Å². The highest BCUT2D eigenvalue weighted by Gasteiger charge is 2.38. The molecule has 1 N–H and O–H groups in total. The van der Waals surface area contributed by atoms with E-state index in [9.17, 15) is 0 Å². The van der Waals surface area contributed by atoms with Crippen molar-refractivity contribution in [2.24, 2.45) is 0 Å². The number of aromatic nitrogens is 4. The van der Waals surface area contributed by atoms with Gasteiger partial charge in [0, 0.05) is 12.0 Å². The van der Waals surface area contributed by atoms with E-state index in [0.717, 1.165) is 42.4 Å². The molecule has 0 aliphatic carbocycles. The molecule has 0 radical (unpaired) electrons. The van der Waals surface area contributed by atoms with Crippen LogP contribution in [0.15, 0.2) is 42.5 Å². The lowest BCUT2D eigenvalue weighted by Crippen LogP contribution is -3.12. The smallest absolute Gasteiger partial charge is 0.214 e. The summed E-state index contributed by atoms with van der Waals surface area (Å²) in [5.41, 5.74) is 3.59. The summed E-state index contributed by atoms with van der Waals surface area (Å²) in [6.07, 6.45) is 1.02. The van der Waals surface area contributed by atoms with Crippen LogP contribution in [0.5, 0.6) is 11.5 Å². The Kier molecular flexibility index (Phi) is 5.47. The molecule has 1 aliphatic rings. The van der Waals surface area contributed by atoms with E-state index in [0.29, 0.717) is 0 Å². The number of benzene rings is 2. The van der Waals surface area contributed by atoms with Crippen molar-refractivity contribution >= 4 is 0 Å². The number of rotatable bonds is 5. The molecule has 0 amide bonds. The molecule has 0 saturated heterocycles. The largest absolute Gasteiger partial charge is 0.497 e. The monoisotopic (exact) mass is 408 g/mol. The van der Waals surface area contributed by atoms with Gasteiger partial charge in [-0.05, 0) is 55.0 Å². The van der Waals surface area contributed by atoms with Crippen LogP contribution < -0.4 is 14.4 Å². The van der Waals surface area contributed by atoms with Gasteiger partial charge in [0.1, 0.15) is 18.0 Å². The van der Waals surface area contributed by atoms with E-state index in [4.69, 9.17) is 9.47 Å². The third-order valence-electron chi connectivity index (χ3n) is 5.79. The molecular weight excluding hydrogens is 378 g/mol. The average Bonchev–Trinajstić information content (AvgIpc) is 3.24. The molecular formula is C23H30N5O2+. The second kappa shape index (κ2) is 8.07. The van der Waals surface area contributed by atoms with E-state index in [1.807, 2.05) is 16.8 Å². The Labute approximate surface area is 177 Å². The first-order valence-electron chi connectivity index (χ1n) is 10.3. The minimum absolute atomic E-state index is 0.0855. The average molecular weight is 409 g/mol. The van der Waals surface area contributed by atoms with Crippen LogP contribution in [0.25, 0.3) is 0 Å². The Balaban J connectivity index is 1.86. The van der Waals surface area contributed by atoms with Gasteiger partial charge in [0.05, 0.1) is 31.9 Å². The molecule has 4 rings (SSSR count). The maximum atomic E-state index is 5.76. The molecule has 30 heavy (non-hydrogen) atoms. The fourth-order valence-electron chi connectivity index (χ4n) is 4.31. The van der Waals surface area contributed by atoms with Gasteiger partial charge in [-0.3, -0.25) is 0 Å². The third-order valence-corrected chi connectivity index (χ3v) is 5.79. The highest BCUT2D eigenvalue weighted by atomic mass is 16.5. The number of quaternary nitrogens is 1. The number of hydrogen-bond acceptors (Lipinski definition) is 5. The molecule has 0 spiro atoms. The zero-order valence-corrected chi connectivity index (χ0v) is 18.3. The maximum absolute atomic E-state index is 5.76. The van der Waals surface area contributed by atoms with Crippen molar-refractivity contribution in [2.75, 3.05) is 20.8 Å². The van der Waals surface area contributed by atoms with E-state index >= 15 is 0 Å². The van der Waals surface area contributed by atoms with Crippen LogP contribution in [0, 0.1) is 0 Å². The van der Waals surface area contributed by atoms with E-state index in [2.05, 4.69) is 66.6 Å². The van der Waals surface area contributed by atoms with Crippen molar-refractivity contribution < 1.29 is 14.4 Å². The zero-order chi connectivity index (χ0) is 21.3. The molecule has 2 atom stereocenters. The normalized spacial score (nSPS) is 17.3. The Morgan fingerprint density at radius 1 is 1.03 bits per heavy atom. The van der Waals surface area contributed by atoms with Crippen molar-refractivity contribution in [3.63, 3.8) is 0 Å². The van der Waals surface area contributed by atoms with E-state index in [1.54, 1.807) is 14.2 Å². The molecule has 0 bridgehead atoms. The number of fused-ring (bicyclic) bond motifs is 1. The Morgan fingerprint density at radius 2 is 1.80 bits per heavy atom. The van der Waals surface area contributed by atoms with Gasteiger partial charge in [-0.2, -0.15) is 0 Å². The maximum Gasteiger partial charge on any atom is 0.214 e. The SMILES string of the molecule is COc1ccc(OC)c([C@@H](c2nnnn2C(C)(C)C)[NH+]2CCc3ccccc3C2)c1. The van der Waals surface area contributed by atoms with Gasteiger partial charge in [-0.1, -0.05) is 24.3 Å². The first-order chi connectivity index (χ1) is 14.4. The molecule has 7 nitrogen and oxygen atoms in total. The summed E-state index contributed by atoms with van der Waals surface area (Å²) in [6.45, 7) is 8.24. The Morgan fingerprint density at radius 3 is 2.50 bits per heavy atom. The highest BCUT2D eigenvalue weighted by Crippen LogP contribution is 2.32. The van der Waals surface area contributed by atoms with Crippen LogP contribution in [-0.4, -0.2) is 41.0 Å². The lowest BCUT2D eigenvalue weighted by atomic mass is 9.95. The molecule has 3 aromatic rings. The number of ether oxygens (including phenoxy) is 2. The fourth-order valence-corrected chi connectivity index (χ4v) is 4.31. The van der Waals surface area contributed by atoms with Crippen molar-refractivity contribution in [3.05, 3.63) is 65.0 Å². The van der Waals surface area contributed by atoms with E-state index < -0.39 is 0 Å². The van der Waals surface area contributed by atoms with Gasteiger partial charge >= 0.3 is 0 Å². The molecule has 1 unspecified atom stereocenters. The number of methoxy groups -OCH3 is 2. The quantitative estimate of drug-likeness (QED) is 0.701. The number of nitrogens with one attached hydrogen (secondary N) is 1. The van der Waals surface area contributed by atoms with Crippen molar-refractivity contribution in [3.8, 4) is 11.5 Å². The molecule has 1 aromatic heterocycles. The molecule has 2 heterocycles. The summed E-state index contributed by atoms with van der Waals surface area (Å²) >= 11 is 0. The molecule has 0 fully saturated rings. The standard InChI is InChI=1S/C23H29N5O2/c1-23(2,3)28-22(24-25-26-28)21(19-14-18(29-4)10-11-20(19)30-5)27-13-12-16-8-6-7-9-17(16)15-27/h6-11,14,21H,12-13,15H2,1-5H3/p+1/t21-/m0/s1. The summed E-state index contributed by atoms with van der Waals surface area (Å²) in [4.78, 5) is 1.39. The number of nitrogens with zero attached hydrogens (tertiary/aromatic N) is 4. The predicted octanol–water partition coefficient (Wildman–Crippen LogP) is 2.18. The highest BCUT2D eigenvalue weighted by molar-refractivity contribution is 5.43. The lowest BCUT2D eigenvalue weighted by molar-refractivity contribution is -0.942. The number of hydrogen-bond donors (Lipinski definition) is 1. The predicted molar refractivity (Wildman–Crippen MR) is 114 cm³/mol. The van der Waals surface area contributed by atoms with Crippen LogP contribution in [0.3, 0.4) is 0 Å². The van der Waals surface area contributed by atoms with Crippen LogP contribution in [0.1, 0.15) is 49.3 Å². The molecule has 7 heteroatoms. The van der Waals surface area contributed by atoms with Gasteiger partial charge in [0.15, 0.2) is 6.04 Å².